The van der Waals surface area contributed by atoms with Gasteiger partial charge in [0.1, 0.15) is 18.1 Å². The van der Waals surface area contributed by atoms with Crippen molar-refractivity contribution in [1.82, 2.24) is 10.2 Å². The molecule has 0 saturated heterocycles. The van der Waals surface area contributed by atoms with Gasteiger partial charge >= 0.3 is 0 Å². The average Bonchev–Trinajstić information content (AvgIpc) is 3.16. The second-order valence-electron chi connectivity index (χ2n) is 9.72. The van der Waals surface area contributed by atoms with Crippen molar-refractivity contribution in [3.63, 3.8) is 0 Å². The number of rotatable bonds is 7. The van der Waals surface area contributed by atoms with Crippen LogP contribution in [0.5, 0.6) is 5.75 Å². The summed E-state index contributed by atoms with van der Waals surface area (Å²) in [6.07, 6.45) is 4.60. The van der Waals surface area contributed by atoms with Crippen molar-refractivity contribution in [2.75, 3.05) is 20.6 Å². The van der Waals surface area contributed by atoms with E-state index in [1.54, 1.807) is 6.07 Å². The van der Waals surface area contributed by atoms with E-state index in [0.717, 1.165) is 25.1 Å². The first-order valence-corrected chi connectivity index (χ1v) is 11.0. The van der Waals surface area contributed by atoms with E-state index in [9.17, 15) is 4.79 Å². The molecule has 1 N–H and O–H groups in total. The fourth-order valence-electron chi connectivity index (χ4n) is 4.11. The minimum absolute atomic E-state index is 0.117. The maximum absolute atomic E-state index is 12.7. The number of furan rings is 1. The minimum atomic E-state index is -0.133. The van der Waals surface area contributed by atoms with Crippen LogP contribution in [0.3, 0.4) is 0 Å². The maximum atomic E-state index is 12.7. The summed E-state index contributed by atoms with van der Waals surface area (Å²) < 4.78 is 11.6. The average molecular weight is 413 g/mol. The summed E-state index contributed by atoms with van der Waals surface area (Å²) >= 11 is 0. The molecule has 1 aromatic carbocycles. The third kappa shape index (κ3) is 6.11. The van der Waals surface area contributed by atoms with Crippen molar-refractivity contribution >= 4 is 5.91 Å². The molecule has 1 fully saturated rings. The van der Waals surface area contributed by atoms with Crippen LogP contribution in [0.1, 0.15) is 68.3 Å². The largest absolute Gasteiger partial charge is 0.486 e. The molecule has 2 aromatic rings. The molecule has 30 heavy (non-hydrogen) atoms. The van der Waals surface area contributed by atoms with E-state index in [4.69, 9.17) is 9.15 Å². The van der Waals surface area contributed by atoms with Gasteiger partial charge in [0.05, 0.1) is 0 Å². The van der Waals surface area contributed by atoms with Gasteiger partial charge in [0.2, 0.25) is 0 Å². The number of hydrogen-bond acceptors (Lipinski definition) is 4. The topological polar surface area (TPSA) is 54.7 Å². The van der Waals surface area contributed by atoms with E-state index >= 15 is 0 Å². The zero-order valence-electron chi connectivity index (χ0n) is 19.0. The molecule has 1 saturated carbocycles. The molecule has 1 aliphatic rings. The van der Waals surface area contributed by atoms with Crippen LogP contribution in [0.2, 0.25) is 0 Å². The summed E-state index contributed by atoms with van der Waals surface area (Å²) in [7, 11) is 4.17. The summed E-state index contributed by atoms with van der Waals surface area (Å²) in [6.45, 7) is 7.86. The Hall–Kier alpha value is -2.27. The second kappa shape index (κ2) is 9.69. The molecule has 0 radical (unpaired) electrons. The molecule has 2 atom stereocenters. The lowest BCUT2D eigenvalue weighted by Gasteiger charge is -2.33. The van der Waals surface area contributed by atoms with Crippen molar-refractivity contribution in [3.05, 3.63) is 53.5 Å². The van der Waals surface area contributed by atoms with Crippen molar-refractivity contribution in [2.45, 2.75) is 64.5 Å². The summed E-state index contributed by atoms with van der Waals surface area (Å²) in [4.78, 5) is 14.9. The van der Waals surface area contributed by atoms with Crippen molar-refractivity contribution in [2.24, 2.45) is 5.92 Å². The molecule has 164 valence electrons. The van der Waals surface area contributed by atoms with E-state index < -0.39 is 0 Å². The van der Waals surface area contributed by atoms with Crippen molar-refractivity contribution in [3.8, 4) is 5.75 Å². The Balaban J connectivity index is 1.54. The quantitative estimate of drug-likeness (QED) is 0.695. The highest BCUT2D eigenvalue weighted by Crippen LogP contribution is 2.26. The number of amides is 1. The molecule has 0 aliphatic heterocycles. The van der Waals surface area contributed by atoms with Crippen LogP contribution in [0.4, 0.5) is 0 Å². The molecule has 0 bridgehead atoms. The number of nitrogens with zero attached hydrogens (tertiary/aromatic N) is 1. The Morgan fingerprint density at radius 1 is 1.10 bits per heavy atom. The molecule has 1 aromatic heterocycles. The molecule has 3 rings (SSSR count). The third-order valence-electron chi connectivity index (χ3n) is 5.81. The lowest BCUT2D eigenvalue weighted by molar-refractivity contribution is 0.0863. The van der Waals surface area contributed by atoms with Gasteiger partial charge in [0, 0.05) is 12.6 Å². The lowest BCUT2D eigenvalue weighted by Crippen LogP contribution is -2.45. The normalized spacial score (nSPS) is 19.7. The van der Waals surface area contributed by atoms with E-state index in [1.165, 1.54) is 18.4 Å². The third-order valence-corrected chi connectivity index (χ3v) is 5.81. The first kappa shape index (κ1) is 22.4. The highest BCUT2D eigenvalue weighted by Gasteiger charge is 2.28. The van der Waals surface area contributed by atoms with Crippen LogP contribution in [0.25, 0.3) is 0 Å². The van der Waals surface area contributed by atoms with Crippen LogP contribution in [0, 0.1) is 5.92 Å². The van der Waals surface area contributed by atoms with Gasteiger partial charge in [-0.1, -0.05) is 45.7 Å². The Labute approximate surface area is 180 Å². The van der Waals surface area contributed by atoms with Crippen molar-refractivity contribution < 1.29 is 13.9 Å². The SMILES string of the molecule is CN(C)CC1CCCCC1NC(=O)c1ccc(COc2ccc(C(C)(C)C)cc2)o1. The first-order chi connectivity index (χ1) is 14.2. The fraction of sp³-hybridized carbons (Fsp3) is 0.560. The van der Waals surface area contributed by atoms with Crippen molar-refractivity contribution in [1.29, 1.82) is 0 Å². The summed E-state index contributed by atoms with van der Waals surface area (Å²) in [5.41, 5.74) is 1.38. The zero-order valence-corrected chi connectivity index (χ0v) is 19.0. The molecule has 2 unspecified atom stereocenters. The molecule has 1 amide bonds. The van der Waals surface area contributed by atoms with Gasteiger partial charge in [-0.05, 0) is 68.1 Å². The maximum Gasteiger partial charge on any atom is 0.287 e. The molecular formula is C25H36N2O3. The van der Waals surface area contributed by atoms with Gasteiger partial charge in [-0.3, -0.25) is 4.79 Å². The predicted molar refractivity (Wildman–Crippen MR) is 120 cm³/mol. The van der Waals surface area contributed by atoms with E-state index in [-0.39, 0.29) is 17.4 Å². The fourth-order valence-corrected chi connectivity index (χ4v) is 4.11. The monoisotopic (exact) mass is 412 g/mol. The lowest BCUT2D eigenvalue weighted by atomic mass is 9.84. The number of ether oxygens (including phenoxy) is 1. The molecule has 5 nitrogen and oxygen atoms in total. The van der Waals surface area contributed by atoms with E-state index in [1.807, 2.05) is 18.2 Å². The molecular weight excluding hydrogens is 376 g/mol. The van der Waals surface area contributed by atoms with Crippen LogP contribution in [-0.4, -0.2) is 37.5 Å². The summed E-state index contributed by atoms with van der Waals surface area (Å²) in [5.74, 6) is 2.15. The van der Waals surface area contributed by atoms with E-state index in [2.05, 4.69) is 57.2 Å². The number of hydrogen-bond donors (Lipinski definition) is 1. The number of benzene rings is 1. The predicted octanol–water partition coefficient (Wildman–Crippen LogP) is 5.01. The Morgan fingerprint density at radius 3 is 2.47 bits per heavy atom. The highest BCUT2D eigenvalue weighted by atomic mass is 16.5. The van der Waals surface area contributed by atoms with Crippen LogP contribution in [0.15, 0.2) is 40.8 Å². The van der Waals surface area contributed by atoms with Crippen LogP contribution in [-0.2, 0) is 12.0 Å². The minimum Gasteiger partial charge on any atom is -0.486 e. The Kier molecular flexibility index (Phi) is 7.24. The van der Waals surface area contributed by atoms with Gasteiger partial charge in [-0.15, -0.1) is 0 Å². The van der Waals surface area contributed by atoms with E-state index in [0.29, 0.717) is 24.0 Å². The van der Waals surface area contributed by atoms with Gasteiger partial charge in [0.15, 0.2) is 5.76 Å². The summed E-state index contributed by atoms with van der Waals surface area (Å²) in [6, 6.07) is 11.9. The molecule has 1 aliphatic carbocycles. The highest BCUT2D eigenvalue weighted by molar-refractivity contribution is 5.91. The van der Waals surface area contributed by atoms with Gasteiger partial charge in [-0.2, -0.15) is 0 Å². The van der Waals surface area contributed by atoms with Gasteiger partial charge in [-0.25, -0.2) is 0 Å². The van der Waals surface area contributed by atoms with Gasteiger partial charge < -0.3 is 19.4 Å². The summed E-state index contributed by atoms with van der Waals surface area (Å²) in [5, 5.41) is 3.20. The zero-order chi connectivity index (χ0) is 21.7. The first-order valence-electron chi connectivity index (χ1n) is 11.0. The van der Waals surface area contributed by atoms with Crippen LogP contribution >= 0.6 is 0 Å². The van der Waals surface area contributed by atoms with Crippen LogP contribution < -0.4 is 10.1 Å². The number of carbonyl (C=O) groups excluding carboxylic acids is 1. The Bertz CT molecular complexity index is 818. The Morgan fingerprint density at radius 2 is 1.80 bits per heavy atom. The number of nitrogens with one attached hydrogen (secondary N) is 1. The molecule has 0 spiro atoms. The smallest absolute Gasteiger partial charge is 0.287 e. The second-order valence-corrected chi connectivity index (χ2v) is 9.72. The number of carbonyl (C=O) groups is 1. The molecule has 1 heterocycles. The van der Waals surface area contributed by atoms with Gasteiger partial charge in [0.25, 0.3) is 5.91 Å². The molecule has 5 heteroatoms. The standard InChI is InChI=1S/C25H36N2O3/c1-25(2,3)19-10-12-20(13-11-19)29-17-21-14-15-23(30-21)24(28)26-22-9-7-6-8-18(22)16-27(4)5/h10-15,18,22H,6-9,16-17H2,1-5H3,(H,26,28).